The quantitative estimate of drug-likeness (QED) is 0.518. The maximum absolute atomic E-state index is 12.6. The van der Waals surface area contributed by atoms with E-state index in [1.165, 1.54) is 0 Å². The Labute approximate surface area is 187 Å². The Kier molecular flexibility index (Phi) is 7.49. The van der Waals surface area contributed by atoms with Crippen LogP contribution in [-0.4, -0.2) is 42.5 Å². The van der Waals surface area contributed by atoms with Crippen LogP contribution in [0.1, 0.15) is 32.9 Å². The molecule has 1 amide bonds. The summed E-state index contributed by atoms with van der Waals surface area (Å²) in [5.41, 5.74) is 3.55. The number of aryl methyl sites for hydroxylation is 1. The third kappa shape index (κ3) is 5.46. The predicted molar refractivity (Wildman–Crippen MR) is 119 cm³/mol. The molecule has 1 aromatic heterocycles. The minimum absolute atomic E-state index is 0.268. The first-order chi connectivity index (χ1) is 15.4. The van der Waals surface area contributed by atoms with Crippen molar-refractivity contribution in [3.05, 3.63) is 76.6 Å². The minimum atomic E-state index is -0.569. The summed E-state index contributed by atoms with van der Waals surface area (Å²) < 4.78 is 17.5. The van der Waals surface area contributed by atoms with Crippen LogP contribution >= 0.6 is 0 Å². The number of carbonyl (C=O) groups excluding carboxylic acids is 2. The van der Waals surface area contributed by atoms with Gasteiger partial charge in [0.2, 0.25) is 0 Å². The van der Waals surface area contributed by atoms with Crippen LogP contribution in [-0.2, 0) is 22.6 Å². The average Bonchev–Trinajstić information content (AvgIpc) is 3.09. The Hall–Kier alpha value is -3.81. The van der Waals surface area contributed by atoms with E-state index in [2.05, 4.69) is 10.4 Å². The van der Waals surface area contributed by atoms with E-state index < -0.39 is 11.9 Å². The second-order valence-corrected chi connectivity index (χ2v) is 7.23. The molecule has 3 aromatic rings. The van der Waals surface area contributed by atoms with Gasteiger partial charge in [-0.1, -0.05) is 36.4 Å². The molecule has 8 nitrogen and oxygen atoms in total. The highest BCUT2D eigenvalue weighted by molar-refractivity contribution is 5.93. The summed E-state index contributed by atoms with van der Waals surface area (Å²) >= 11 is 0. The topological polar surface area (TPSA) is 91.7 Å². The zero-order valence-electron chi connectivity index (χ0n) is 18.7. The first-order valence-electron chi connectivity index (χ1n) is 10.2. The van der Waals surface area contributed by atoms with Gasteiger partial charge in [0.1, 0.15) is 5.56 Å². The lowest BCUT2D eigenvalue weighted by Crippen LogP contribution is -2.28. The van der Waals surface area contributed by atoms with E-state index in [9.17, 15) is 9.59 Å². The Morgan fingerprint density at radius 3 is 2.38 bits per heavy atom. The molecule has 0 unspecified atom stereocenters. The summed E-state index contributed by atoms with van der Waals surface area (Å²) in [4.78, 5) is 24.8. The molecule has 0 bridgehead atoms. The molecular formula is C24H27N3O5. The molecule has 0 spiro atoms. The van der Waals surface area contributed by atoms with Crippen molar-refractivity contribution in [1.29, 1.82) is 0 Å². The van der Waals surface area contributed by atoms with E-state index in [1.54, 1.807) is 38.0 Å². The third-order valence-corrected chi connectivity index (χ3v) is 5.03. The normalized spacial score (nSPS) is 10.5. The SMILES string of the molecule is COc1ccc(CNC(=O)COC(=O)c2c(C)nn(Cc3ccccc3)c2C)cc1OC. The van der Waals surface area contributed by atoms with Crippen molar-refractivity contribution in [3.63, 3.8) is 0 Å². The number of nitrogens with zero attached hydrogens (tertiary/aromatic N) is 2. The van der Waals surface area contributed by atoms with Gasteiger partial charge in [-0.2, -0.15) is 5.10 Å². The zero-order chi connectivity index (χ0) is 23.1. The number of carbonyl (C=O) groups is 2. The van der Waals surface area contributed by atoms with E-state index in [-0.39, 0.29) is 13.2 Å². The Morgan fingerprint density at radius 2 is 1.69 bits per heavy atom. The fraction of sp³-hybridized carbons (Fsp3) is 0.292. The molecule has 32 heavy (non-hydrogen) atoms. The fourth-order valence-corrected chi connectivity index (χ4v) is 3.35. The van der Waals surface area contributed by atoms with Crippen molar-refractivity contribution in [2.45, 2.75) is 26.9 Å². The number of nitrogens with one attached hydrogen (secondary N) is 1. The number of esters is 1. The van der Waals surface area contributed by atoms with Gasteiger partial charge in [0, 0.05) is 6.54 Å². The third-order valence-electron chi connectivity index (χ3n) is 5.03. The standard InChI is InChI=1S/C24H27N3O5/c1-16-23(17(2)27(26-16)14-18-8-6-5-7-9-18)24(29)32-15-22(28)25-13-19-10-11-20(30-3)21(12-19)31-4/h5-12H,13-15H2,1-4H3,(H,25,28). The predicted octanol–water partition coefficient (Wildman–Crippen LogP) is 3.04. The fourth-order valence-electron chi connectivity index (χ4n) is 3.35. The molecule has 2 aromatic carbocycles. The average molecular weight is 437 g/mol. The lowest BCUT2D eigenvalue weighted by Gasteiger charge is -2.10. The Balaban J connectivity index is 1.56. The monoisotopic (exact) mass is 437 g/mol. The number of hydrogen-bond donors (Lipinski definition) is 1. The highest BCUT2D eigenvalue weighted by Gasteiger charge is 2.21. The van der Waals surface area contributed by atoms with Crippen LogP contribution in [0.3, 0.4) is 0 Å². The smallest absolute Gasteiger partial charge is 0.342 e. The molecule has 1 N–H and O–H groups in total. The minimum Gasteiger partial charge on any atom is -0.493 e. The van der Waals surface area contributed by atoms with Gasteiger partial charge in [-0.05, 0) is 37.1 Å². The summed E-state index contributed by atoms with van der Waals surface area (Å²) in [6.07, 6.45) is 0. The molecule has 0 saturated carbocycles. The molecule has 3 rings (SSSR count). The van der Waals surface area contributed by atoms with Crippen molar-refractivity contribution >= 4 is 11.9 Å². The number of ether oxygens (including phenoxy) is 3. The van der Waals surface area contributed by atoms with Crippen LogP contribution in [0.5, 0.6) is 11.5 Å². The number of methoxy groups -OCH3 is 2. The summed E-state index contributed by atoms with van der Waals surface area (Å²) in [6.45, 7) is 4.00. The lowest BCUT2D eigenvalue weighted by atomic mass is 10.2. The molecule has 168 valence electrons. The molecular weight excluding hydrogens is 410 g/mol. The molecule has 0 atom stereocenters. The van der Waals surface area contributed by atoms with Crippen LogP contribution in [0.2, 0.25) is 0 Å². The maximum Gasteiger partial charge on any atom is 0.342 e. The summed E-state index contributed by atoms with van der Waals surface area (Å²) in [7, 11) is 3.11. The van der Waals surface area contributed by atoms with Gasteiger partial charge in [-0.3, -0.25) is 9.48 Å². The maximum atomic E-state index is 12.6. The molecule has 0 aliphatic heterocycles. The van der Waals surface area contributed by atoms with Gasteiger partial charge in [-0.25, -0.2) is 4.79 Å². The Morgan fingerprint density at radius 1 is 0.969 bits per heavy atom. The Bertz CT molecular complexity index is 1090. The van der Waals surface area contributed by atoms with E-state index in [4.69, 9.17) is 14.2 Å². The van der Waals surface area contributed by atoms with E-state index in [0.717, 1.165) is 11.1 Å². The molecule has 0 aliphatic carbocycles. The number of hydrogen-bond acceptors (Lipinski definition) is 6. The first-order valence-corrected chi connectivity index (χ1v) is 10.2. The largest absolute Gasteiger partial charge is 0.493 e. The lowest BCUT2D eigenvalue weighted by molar-refractivity contribution is -0.124. The van der Waals surface area contributed by atoms with Gasteiger partial charge in [0.05, 0.1) is 32.2 Å². The van der Waals surface area contributed by atoms with Crippen molar-refractivity contribution in [2.75, 3.05) is 20.8 Å². The molecule has 0 aliphatic rings. The second-order valence-electron chi connectivity index (χ2n) is 7.23. The van der Waals surface area contributed by atoms with Crippen molar-refractivity contribution in [2.24, 2.45) is 0 Å². The van der Waals surface area contributed by atoms with E-state index >= 15 is 0 Å². The van der Waals surface area contributed by atoms with Crippen LogP contribution in [0, 0.1) is 13.8 Å². The van der Waals surface area contributed by atoms with Gasteiger partial charge >= 0.3 is 5.97 Å². The summed E-state index contributed by atoms with van der Waals surface area (Å²) in [6, 6.07) is 15.2. The van der Waals surface area contributed by atoms with Crippen molar-refractivity contribution < 1.29 is 23.8 Å². The van der Waals surface area contributed by atoms with Gasteiger partial charge < -0.3 is 19.5 Å². The molecule has 0 fully saturated rings. The van der Waals surface area contributed by atoms with E-state index in [0.29, 0.717) is 35.0 Å². The first kappa shape index (κ1) is 22.9. The number of benzene rings is 2. The second kappa shape index (κ2) is 10.5. The summed E-state index contributed by atoms with van der Waals surface area (Å²) in [5, 5.41) is 7.18. The van der Waals surface area contributed by atoms with Crippen LogP contribution < -0.4 is 14.8 Å². The number of aromatic nitrogens is 2. The molecule has 8 heteroatoms. The summed E-state index contributed by atoms with van der Waals surface area (Å²) in [5.74, 6) is 0.208. The van der Waals surface area contributed by atoms with E-state index in [1.807, 2.05) is 43.3 Å². The van der Waals surface area contributed by atoms with Gasteiger partial charge in [0.15, 0.2) is 18.1 Å². The van der Waals surface area contributed by atoms with Crippen molar-refractivity contribution in [3.8, 4) is 11.5 Å². The zero-order valence-corrected chi connectivity index (χ0v) is 18.7. The van der Waals surface area contributed by atoms with Crippen molar-refractivity contribution in [1.82, 2.24) is 15.1 Å². The van der Waals surface area contributed by atoms with Crippen LogP contribution in [0.25, 0.3) is 0 Å². The van der Waals surface area contributed by atoms with Crippen LogP contribution in [0.4, 0.5) is 0 Å². The van der Waals surface area contributed by atoms with Gasteiger partial charge in [0.25, 0.3) is 5.91 Å². The molecule has 0 saturated heterocycles. The molecule has 1 heterocycles. The highest BCUT2D eigenvalue weighted by atomic mass is 16.5. The number of rotatable bonds is 9. The highest BCUT2D eigenvalue weighted by Crippen LogP contribution is 2.27. The van der Waals surface area contributed by atoms with Crippen LogP contribution in [0.15, 0.2) is 48.5 Å². The van der Waals surface area contributed by atoms with Gasteiger partial charge in [-0.15, -0.1) is 0 Å². The number of amides is 1. The molecule has 0 radical (unpaired) electrons.